The quantitative estimate of drug-likeness (QED) is 0.564. The van der Waals surface area contributed by atoms with Crippen LogP contribution in [-0.4, -0.2) is 32.4 Å². The number of carbonyl (C=O) groups is 1. The molecule has 3 heterocycles. The van der Waals surface area contributed by atoms with Gasteiger partial charge in [0.2, 0.25) is 11.8 Å². The third kappa shape index (κ3) is 4.94. The Morgan fingerprint density at radius 3 is 2.77 bits per heavy atom. The molecular formula is C20H20F3N5O2. The Balaban J connectivity index is 2.05. The van der Waals surface area contributed by atoms with E-state index in [1.165, 1.54) is 18.3 Å². The lowest BCUT2D eigenvalue weighted by Crippen LogP contribution is -2.12. The van der Waals surface area contributed by atoms with E-state index in [0.717, 1.165) is 18.6 Å². The van der Waals surface area contributed by atoms with Crippen molar-refractivity contribution in [2.75, 3.05) is 6.61 Å². The van der Waals surface area contributed by atoms with Gasteiger partial charge in [-0.2, -0.15) is 13.2 Å². The summed E-state index contributed by atoms with van der Waals surface area (Å²) < 4.78 is 45.6. The fourth-order valence-electron chi connectivity index (χ4n) is 2.57. The second-order valence-electron chi connectivity index (χ2n) is 6.83. The van der Waals surface area contributed by atoms with E-state index in [9.17, 15) is 18.0 Å². The summed E-state index contributed by atoms with van der Waals surface area (Å²) in [6.07, 6.45) is 1.71. The van der Waals surface area contributed by atoms with Crippen LogP contribution in [0.5, 0.6) is 5.88 Å². The summed E-state index contributed by atoms with van der Waals surface area (Å²) in [4.78, 5) is 26.1. The fraction of sp³-hybridized carbons (Fsp3) is 0.300. The van der Waals surface area contributed by atoms with Crippen molar-refractivity contribution < 1.29 is 22.7 Å². The van der Waals surface area contributed by atoms with Crippen LogP contribution in [0.3, 0.4) is 0 Å². The molecule has 0 aliphatic heterocycles. The van der Waals surface area contributed by atoms with Gasteiger partial charge in [-0.05, 0) is 18.1 Å². The van der Waals surface area contributed by atoms with E-state index in [2.05, 4.69) is 19.9 Å². The van der Waals surface area contributed by atoms with Crippen LogP contribution < -0.4 is 10.5 Å². The minimum atomic E-state index is -4.65. The molecule has 3 aromatic rings. The molecule has 0 unspecified atom stereocenters. The van der Waals surface area contributed by atoms with E-state index in [-0.39, 0.29) is 29.7 Å². The average molecular weight is 419 g/mol. The van der Waals surface area contributed by atoms with Crippen molar-refractivity contribution in [3.05, 3.63) is 41.9 Å². The Morgan fingerprint density at radius 1 is 1.33 bits per heavy atom. The Bertz CT molecular complexity index is 1090. The lowest BCUT2D eigenvalue weighted by Gasteiger charge is -2.14. The molecule has 0 saturated heterocycles. The molecule has 0 bridgehead atoms. The molecule has 1 amide bonds. The first-order valence-corrected chi connectivity index (χ1v) is 9.21. The van der Waals surface area contributed by atoms with Crippen molar-refractivity contribution in [2.45, 2.75) is 26.4 Å². The van der Waals surface area contributed by atoms with Gasteiger partial charge in [0.25, 0.3) is 0 Å². The van der Waals surface area contributed by atoms with Gasteiger partial charge >= 0.3 is 6.18 Å². The molecule has 0 aromatic carbocycles. The molecule has 3 rings (SSSR count). The highest BCUT2D eigenvalue weighted by Crippen LogP contribution is 2.33. The number of aromatic nitrogens is 4. The Hall–Kier alpha value is -3.43. The first kappa shape index (κ1) is 21.3. The number of hydrogen-bond donors (Lipinski definition) is 2. The number of aromatic amines is 1. The molecule has 0 aliphatic carbocycles. The average Bonchev–Trinajstić information content (AvgIpc) is 3.11. The standard InChI is InChI=1S/C20H20F3N5O2/c1-3-11(2)10-30-17-7-13(6-15(28-17)20(21,22)23)14-9-26-19-18(27-14)12(8-25-19)4-5-16(24)29/h4-9,11H,3,10H2,1-2H3,(H2,24,29)(H,25,26)/b5-4+/t11-/m0/s1. The third-order valence-electron chi connectivity index (χ3n) is 4.44. The molecule has 3 N–H and O–H groups in total. The van der Waals surface area contributed by atoms with Crippen molar-refractivity contribution >= 4 is 23.1 Å². The molecule has 0 radical (unpaired) electrons. The number of hydrogen-bond acceptors (Lipinski definition) is 5. The smallest absolute Gasteiger partial charge is 0.433 e. The van der Waals surface area contributed by atoms with Gasteiger partial charge in [0.15, 0.2) is 5.65 Å². The number of pyridine rings is 1. The molecule has 3 aromatic heterocycles. The van der Waals surface area contributed by atoms with Crippen LogP contribution in [0.15, 0.2) is 30.6 Å². The molecular weight excluding hydrogens is 399 g/mol. The van der Waals surface area contributed by atoms with E-state index < -0.39 is 17.8 Å². The summed E-state index contributed by atoms with van der Waals surface area (Å²) in [7, 11) is 0. The number of rotatable bonds is 7. The molecule has 0 fully saturated rings. The largest absolute Gasteiger partial charge is 0.477 e. The van der Waals surface area contributed by atoms with Gasteiger partial charge in [-0.25, -0.2) is 15.0 Å². The summed E-state index contributed by atoms with van der Waals surface area (Å²) in [5.41, 5.74) is 5.73. The topological polar surface area (TPSA) is 107 Å². The fourth-order valence-corrected chi connectivity index (χ4v) is 2.57. The molecule has 7 nitrogen and oxygen atoms in total. The van der Waals surface area contributed by atoms with E-state index in [1.807, 2.05) is 13.8 Å². The third-order valence-corrected chi connectivity index (χ3v) is 4.44. The van der Waals surface area contributed by atoms with E-state index in [1.54, 1.807) is 6.20 Å². The van der Waals surface area contributed by atoms with Gasteiger partial charge in [0, 0.05) is 29.5 Å². The number of halogens is 3. The van der Waals surface area contributed by atoms with Crippen LogP contribution in [-0.2, 0) is 11.0 Å². The van der Waals surface area contributed by atoms with Crippen molar-refractivity contribution in [3.8, 4) is 17.1 Å². The maximum Gasteiger partial charge on any atom is 0.433 e. The molecule has 0 saturated carbocycles. The summed E-state index contributed by atoms with van der Waals surface area (Å²) in [6, 6.07) is 2.30. The second kappa shape index (κ2) is 8.52. The minimum absolute atomic E-state index is 0.134. The maximum absolute atomic E-state index is 13.4. The predicted molar refractivity (Wildman–Crippen MR) is 105 cm³/mol. The van der Waals surface area contributed by atoms with Crippen LogP contribution >= 0.6 is 0 Å². The Morgan fingerprint density at radius 2 is 2.10 bits per heavy atom. The monoisotopic (exact) mass is 419 g/mol. The highest BCUT2D eigenvalue weighted by Gasteiger charge is 2.34. The van der Waals surface area contributed by atoms with Gasteiger partial charge in [-0.1, -0.05) is 20.3 Å². The molecule has 30 heavy (non-hydrogen) atoms. The molecule has 158 valence electrons. The number of H-pyrrole nitrogens is 1. The molecule has 0 spiro atoms. The van der Waals surface area contributed by atoms with Crippen LogP contribution in [0.1, 0.15) is 31.5 Å². The highest BCUT2D eigenvalue weighted by molar-refractivity contribution is 5.93. The van der Waals surface area contributed by atoms with E-state index in [4.69, 9.17) is 10.5 Å². The van der Waals surface area contributed by atoms with Gasteiger partial charge < -0.3 is 15.5 Å². The van der Waals surface area contributed by atoms with Gasteiger partial charge in [0.05, 0.1) is 18.5 Å². The van der Waals surface area contributed by atoms with Crippen LogP contribution in [0.25, 0.3) is 28.5 Å². The summed E-state index contributed by atoms with van der Waals surface area (Å²) in [6.45, 7) is 4.14. The van der Waals surface area contributed by atoms with Gasteiger partial charge in [-0.3, -0.25) is 4.79 Å². The highest BCUT2D eigenvalue weighted by atomic mass is 19.4. The maximum atomic E-state index is 13.4. The summed E-state index contributed by atoms with van der Waals surface area (Å²) in [5.74, 6) is -0.606. The normalized spacial score (nSPS) is 13.1. The molecule has 10 heteroatoms. The number of nitrogens with zero attached hydrogens (tertiary/aromatic N) is 3. The number of primary amides is 1. The lowest BCUT2D eigenvalue weighted by molar-refractivity contribution is -0.141. The van der Waals surface area contributed by atoms with Crippen LogP contribution in [0.2, 0.25) is 0 Å². The van der Waals surface area contributed by atoms with Crippen molar-refractivity contribution in [1.82, 2.24) is 19.9 Å². The first-order valence-electron chi connectivity index (χ1n) is 9.21. The second-order valence-corrected chi connectivity index (χ2v) is 6.83. The van der Waals surface area contributed by atoms with E-state index >= 15 is 0 Å². The number of amides is 1. The van der Waals surface area contributed by atoms with Gasteiger partial charge in [-0.15, -0.1) is 0 Å². The van der Waals surface area contributed by atoms with Crippen LogP contribution in [0, 0.1) is 5.92 Å². The Labute approximate surface area is 170 Å². The van der Waals surface area contributed by atoms with Crippen LogP contribution in [0.4, 0.5) is 13.2 Å². The SMILES string of the molecule is CC[C@H](C)COc1cc(-c2cnc3[nH]cc(/C=C/C(N)=O)c3n2)cc(C(F)(F)F)n1. The number of ether oxygens (including phenoxy) is 1. The number of fused-ring (bicyclic) bond motifs is 1. The summed E-state index contributed by atoms with van der Waals surface area (Å²) in [5, 5.41) is 0. The molecule has 1 atom stereocenters. The summed E-state index contributed by atoms with van der Waals surface area (Å²) >= 11 is 0. The number of nitrogens with one attached hydrogen (secondary N) is 1. The zero-order valence-electron chi connectivity index (χ0n) is 16.3. The van der Waals surface area contributed by atoms with Crippen molar-refractivity contribution in [2.24, 2.45) is 11.7 Å². The van der Waals surface area contributed by atoms with Gasteiger partial charge in [0.1, 0.15) is 11.2 Å². The van der Waals surface area contributed by atoms with Crippen molar-refractivity contribution in [1.29, 1.82) is 0 Å². The van der Waals surface area contributed by atoms with E-state index in [0.29, 0.717) is 16.7 Å². The zero-order chi connectivity index (χ0) is 21.9. The Kier molecular flexibility index (Phi) is 6.04. The minimum Gasteiger partial charge on any atom is -0.477 e. The number of carbonyl (C=O) groups excluding carboxylic acids is 1. The number of nitrogens with two attached hydrogens (primary N) is 1. The lowest BCUT2D eigenvalue weighted by atomic mass is 10.1. The first-order chi connectivity index (χ1) is 14.2. The van der Waals surface area contributed by atoms with Crippen molar-refractivity contribution in [3.63, 3.8) is 0 Å². The number of alkyl halides is 3. The predicted octanol–water partition coefficient (Wildman–Crippen LogP) is 3.96. The molecule has 0 aliphatic rings. The zero-order valence-corrected chi connectivity index (χ0v) is 16.3.